The standard InChI is InChI=1S/C19H24N4O3S2/c1-4-22(5-2)14-6-7-15(13(3)10-14)23-16-11-28(25,26)12-17(16)27-19(23)21-18(24)8-9-20/h6-7,10,16-17H,4-5,8,11-12H2,1-3H3/t16-,17-/m0/s1. The molecule has 3 rings (SSSR count). The lowest BCUT2D eigenvalue weighted by molar-refractivity contribution is -0.116. The van der Waals surface area contributed by atoms with Crippen molar-refractivity contribution in [2.45, 2.75) is 38.5 Å². The van der Waals surface area contributed by atoms with Crippen molar-refractivity contribution in [3.63, 3.8) is 0 Å². The van der Waals surface area contributed by atoms with Gasteiger partial charge in [0.15, 0.2) is 15.0 Å². The van der Waals surface area contributed by atoms with Crippen LogP contribution in [0.4, 0.5) is 11.4 Å². The highest BCUT2D eigenvalue weighted by Crippen LogP contribution is 2.42. The third kappa shape index (κ3) is 4.03. The van der Waals surface area contributed by atoms with Crippen molar-refractivity contribution in [3.05, 3.63) is 23.8 Å². The van der Waals surface area contributed by atoms with E-state index in [0.29, 0.717) is 5.17 Å². The van der Waals surface area contributed by atoms with Crippen LogP contribution in [0.1, 0.15) is 25.8 Å². The number of carbonyl (C=O) groups excluding carboxylic acids is 1. The molecule has 0 bridgehead atoms. The highest BCUT2D eigenvalue weighted by Gasteiger charge is 2.49. The fourth-order valence-electron chi connectivity index (χ4n) is 3.76. The summed E-state index contributed by atoms with van der Waals surface area (Å²) in [6, 6.07) is 7.64. The minimum atomic E-state index is -3.11. The number of fused-ring (bicyclic) bond motifs is 1. The maximum Gasteiger partial charge on any atom is 0.262 e. The van der Waals surface area contributed by atoms with E-state index < -0.39 is 15.7 Å². The Bertz CT molecular complexity index is 948. The van der Waals surface area contributed by atoms with Crippen LogP contribution in [0, 0.1) is 18.3 Å². The number of aryl methyl sites for hydroxylation is 1. The van der Waals surface area contributed by atoms with Gasteiger partial charge in [-0.1, -0.05) is 11.8 Å². The van der Waals surface area contributed by atoms with Gasteiger partial charge in [-0.3, -0.25) is 4.79 Å². The normalized spacial score (nSPS) is 24.2. The van der Waals surface area contributed by atoms with Crippen LogP contribution >= 0.6 is 11.8 Å². The van der Waals surface area contributed by atoms with Gasteiger partial charge in [-0.05, 0) is 44.5 Å². The molecular formula is C19H24N4O3S2. The molecule has 0 saturated carbocycles. The quantitative estimate of drug-likeness (QED) is 0.722. The Morgan fingerprint density at radius 3 is 2.68 bits per heavy atom. The smallest absolute Gasteiger partial charge is 0.262 e. The number of hydrogen-bond acceptors (Lipinski definition) is 6. The topological polar surface area (TPSA) is 93.8 Å². The number of nitriles is 1. The molecule has 2 atom stereocenters. The summed E-state index contributed by atoms with van der Waals surface area (Å²) in [5.41, 5.74) is 2.96. The highest BCUT2D eigenvalue weighted by molar-refractivity contribution is 8.16. The maximum atomic E-state index is 12.2. The minimum absolute atomic E-state index is 0.0490. The predicted octanol–water partition coefficient (Wildman–Crippen LogP) is 2.36. The fourth-order valence-corrected chi connectivity index (χ4v) is 7.68. The molecule has 0 spiro atoms. The zero-order valence-corrected chi connectivity index (χ0v) is 17.9. The van der Waals surface area contributed by atoms with Gasteiger partial charge in [-0.25, -0.2) is 8.42 Å². The summed E-state index contributed by atoms with van der Waals surface area (Å²) in [4.78, 5) is 20.2. The summed E-state index contributed by atoms with van der Waals surface area (Å²) in [7, 11) is -3.11. The molecular weight excluding hydrogens is 396 g/mol. The number of anilines is 2. The van der Waals surface area contributed by atoms with Crippen molar-refractivity contribution in [2.75, 3.05) is 34.4 Å². The Morgan fingerprint density at radius 1 is 1.36 bits per heavy atom. The van der Waals surface area contributed by atoms with E-state index in [4.69, 9.17) is 5.26 Å². The second kappa shape index (κ2) is 8.13. The number of rotatable bonds is 5. The van der Waals surface area contributed by atoms with Crippen molar-refractivity contribution in [2.24, 2.45) is 4.99 Å². The van der Waals surface area contributed by atoms with E-state index in [9.17, 15) is 13.2 Å². The van der Waals surface area contributed by atoms with Gasteiger partial charge in [0.2, 0.25) is 0 Å². The van der Waals surface area contributed by atoms with Gasteiger partial charge in [-0.15, -0.1) is 0 Å². The van der Waals surface area contributed by atoms with E-state index in [-0.39, 0.29) is 29.2 Å². The molecule has 1 aromatic rings. The summed E-state index contributed by atoms with van der Waals surface area (Å²) in [6.45, 7) is 7.98. The molecule has 2 aliphatic rings. The Balaban J connectivity index is 2.02. The summed E-state index contributed by atoms with van der Waals surface area (Å²) < 4.78 is 24.3. The highest BCUT2D eigenvalue weighted by atomic mass is 32.2. The molecule has 2 saturated heterocycles. The van der Waals surface area contributed by atoms with Crippen LogP contribution < -0.4 is 9.80 Å². The Morgan fingerprint density at radius 2 is 2.07 bits per heavy atom. The van der Waals surface area contributed by atoms with E-state index in [1.165, 1.54) is 11.8 Å². The molecule has 0 radical (unpaired) electrons. The lowest BCUT2D eigenvalue weighted by atomic mass is 10.1. The number of nitrogens with zero attached hydrogens (tertiary/aromatic N) is 4. The van der Waals surface area contributed by atoms with Crippen molar-refractivity contribution < 1.29 is 13.2 Å². The lowest BCUT2D eigenvalue weighted by Crippen LogP contribution is -2.38. The molecule has 1 aromatic carbocycles. The summed E-state index contributed by atoms with van der Waals surface area (Å²) >= 11 is 1.32. The van der Waals surface area contributed by atoms with Gasteiger partial charge in [0.1, 0.15) is 6.42 Å². The zero-order valence-electron chi connectivity index (χ0n) is 16.3. The molecule has 7 nitrogen and oxygen atoms in total. The van der Waals surface area contributed by atoms with Gasteiger partial charge in [-0.2, -0.15) is 10.3 Å². The summed E-state index contributed by atoms with van der Waals surface area (Å²) in [5.74, 6) is -0.371. The molecule has 1 amide bonds. The number of thioether (sulfide) groups is 1. The van der Waals surface area contributed by atoms with E-state index in [2.05, 4.69) is 29.8 Å². The first kappa shape index (κ1) is 20.7. The molecule has 0 aliphatic carbocycles. The van der Waals surface area contributed by atoms with Crippen molar-refractivity contribution in [1.29, 1.82) is 5.26 Å². The molecule has 28 heavy (non-hydrogen) atoms. The van der Waals surface area contributed by atoms with Crippen LogP contribution in [0.25, 0.3) is 0 Å². The van der Waals surface area contributed by atoms with Crippen LogP contribution in [0.15, 0.2) is 23.2 Å². The van der Waals surface area contributed by atoms with Crippen LogP contribution in [0.2, 0.25) is 0 Å². The fraction of sp³-hybridized carbons (Fsp3) is 0.526. The average molecular weight is 421 g/mol. The van der Waals surface area contributed by atoms with Gasteiger partial charge in [0.25, 0.3) is 5.91 Å². The molecule has 2 fully saturated rings. The van der Waals surface area contributed by atoms with E-state index >= 15 is 0 Å². The maximum absolute atomic E-state index is 12.2. The van der Waals surface area contributed by atoms with E-state index in [0.717, 1.165) is 30.0 Å². The van der Waals surface area contributed by atoms with Gasteiger partial charge in [0.05, 0.1) is 23.6 Å². The van der Waals surface area contributed by atoms with E-state index in [1.807, 2.05) is 30.0 Å². The number of amides is 1. The van der Waals surface area contributed by atoms with Gasteiger partial charge in [0, 0.05) is 29.7 Å². The van der Waals surface area contributed by atoms with E-state index in [1.54, 1.807) is 0 Å². The number of hydrogen-bond donors (Lipinski definition) is 0. The van der Waals surface area contributed by atoms with Crippen LogP contribution in [-0.4, -0.2) is 55.4 Å². The van der Waals surface area contributed by atoms with Crippen LogP contribution in [0.5, 0.6) is 0 Å². The largest absolute Gasteiger partial charge is 0.372 e. The Kier molecular flexibility index (Phi) is 6.01. The second-order valence-electron chi connectivity index (χ2n) is 6.94. The molecule has 2 aliphatic heterocycles. The van der Waals surface area contributed by atoms with Crippen LogP contribution in [0.3, 0.4) is 0 Å². The molecule has 0 N–H and O–H groups in total. The van der Waals surface area contributed by atoms with Crippen molar-refractivity contribution in [1.82, 2.24) is 0 Å². The number of amidine groups is 1. The molecule has 0 aromatic heterocycles. The first-order valence-corrected chi connectivity index (χ1v) is 12.0. The lowest BCUT2D eigenvalue weighted by Gasteiger charge is -2.28. The first-order valence-electron chi connectivity index (χ1n) is 9.30. The molecule has 2 heterocycles. The zero-order chi connectivity index (χ0) is 20.5. The minimum Gasteiger partial charge on any atom is -0.372 e. The number of carbonyl (C=O) groups is 1. The molecule has 0 unspecified atom stereocenters. The van der Waals surface area contributed by atoms with Crippen molar-refractivity contribution in [3.8, 4) is 6.07 Å². The summed E-state index contributed by atoms with van der Waals surface area (Å²) in [6.07, 6.45) is -0.286. The first-order chi connectivity index (χ1) is 13.3. The third-order valence-electron chi connectivity index (χ3n) is 5.09. The Hall–Kier alpha value is -2.05. The molecule has 9 heteroatoms. The van der Waals surface area contributed by atoms with Crippen LogP contribution in [-0.2, 0) is 14.6 Å². The third-order valence-corrected chi connectivity index (χ3v) is 8.30. The van der Waals surface area contributed by atoms with Gasteiger partial charge < -0.3 is 9.80 Å². The second-order valence-corrected chi connectivity index (χ2v) is 10.3. The number of aliphatic imine (C=N–C) groups is 1. The SMILES string of the molecule is CCN(CC)c1ccc(N2C(=NC(=O)CC#N)S[C@H]3CS(=O)(=O)C[C@@H]32)c(C)c1. The molecule has 150 valence electrons. The average Bonchev–Trinajstić information content (AvgIpc) is 3.08. The Labute approximate surface area is 170 Å². The predicted molar refractivity (Wildman–Crippen MR) is 114 cm³/mol. The number of sulfone groups is 1. The van der Waals surface area contributed by atoms with Crippen molar-refractivity contribution >= 4 is 44.0 Å². The van der Waals surface area contributed by atoms with Gasteiger partial charge >= 0.3 is 0 Å². The summed E-state index contributed by atoms with van der Waals surface area (Å²) in [5, 5.41) is 9.09. The number of benzene rings is 1. The monoisotopic (exact) mass is 420 g/mol.